The van der Waals surface area contributed by atoms with E-state index in [0.29, 0.717) is 24.0 Å². The van der Waals surface area contributed by atoms with Gasteiger partial charge >= 0.3 is 12.1 Å². The van der Waals surface area contributed by atoms with Crippen molar-refractivity contribution in [2.75, 3.05) is 20.2 Å². The van der Waals surface area contributed by atoms with Gasteiger partial charge in [-0.25, -0.2) is 9.59 Å². The number of carbonyl (C=O) groups excluding carboxylic acids is 1. The molecule has 0 aromatic heterocycles. The Hall–Kier alpha value is -2.36. The Balaban J connectivity index is 1.34. The SMILES string of the molecule is CO[C@]12CC[C@@]3(C[C@@H]1[C@](C)(O)C(C)(C)C)[C@H]1Cc4ccc(OC(=O)N[C@@H](CC(C)C)C(=O)O)c5c4[C@@]3(CCN1CC1CC1)[C@H]2O5. The van der Waals surface area contributed by atoms with Crippen LogP contribution < -0.4 is 14.8 Å². The molecule has 2 aliphatic heterocycles. The fourth-order valence-electron chi connectivity index (χ4n) is 10.6. The smallest absolute Gasteiger partial charge is 0.413 e. The molecule has 7 aliphatic rings. The monoisotopic (exact) mass is 624 g/mol. The molecule has 45 heavy (non-hydrogen) atoms. The van der Waals surface area contributed by atoms with Gasteiger partial charge < -0.3 is 29.7 Å². The lowest BCUT2D eigenvalue weighted by Crippen LogP contribution is -2.83. The molecule has 0 unspecified atom stereocenters. The Bertz CT molecular complexity index is 1400. The van der Waals surface area contributed by atoms with Crippen molar-refractivity contribution in [2.45, 2.75) is 128 Å². The van der Waals surface area contributed by atoms with Crippen molar-refractivity contribution in [3.8, 4) is 11.5 Å². The van der Waals surface area contributed by atoms with Crippen molar-refractivity contribution >= 4 is 12.1 Å². The molecule has 1 aromatic rings. The van der Waals surface area contributed by atoms with Crippen LogP contribution in [0, 0.1) is 28.6 Å². The first-order valence-corrected chi connectivity index (χ1v) is 17.2. The molecule has 8 rings (SSSR count). The van der Waals surface area contributed by atoms with E-state index in [1.807, 2.05) is 26.8 Å². The second kappa shape index (κ2) is 10.1. The number of fused-ring (bicyclic) bond motifs is 2. The van der Waals surface area contributed by atoms with E-state index in [1.165, 1.54) is 18.4 Å². The minimum absolute atomic E-state index is 0.0900. The number of aliphatic hydroxyl groups is 1. The van der Waals surface area contributed by atoms with Crippen LogP contribution in [0.2, 0.25) is 0 Å². The second-order valence-corrected chi connectivity index (χ2v) is 16.8. The molecule has 3 N–H and O–H groups in total. The van der Waals surface area contributed by atoms with Crippen LogP contribution in [0.3, 0.4) is 0 Å². The van der Waals surface area contributed by atoms with Gasteiger partial charge in [-0.3, -0.25) is 4.90 Å². The molecule has 0 radical (unpaired) electrons. The summed E-state index contributed by atoms with van der Waals surface area (Å²) in [6.45, 7) is 14.3. The zero-order chi connectivity index (χ0) is 32.3. The highest BCUT2D eigenvalue weighted by Crippen LogP contribution is 2.78. The van der Waals surface area contributed by atoms with Gasteiger partial charge in [0.1, 0.15) is 17.7 Å². The Labute approximate surface area is 267 Å². The fraction of sp³-hybridized carbons (Fsp3) is 0.778. The van der Waals surface area contributed by atoms with Gasteiger partial charge in [-0.1, -0.05) is 40.7 Å². The number of amides is 1. The van der Waals surface area contributed by atoms with Crippen LogP contribution in [0.15, 0.2) is 12.1 Å². The standard InChI is InChI=1S/C36H52N2O7/c1-20(2)16-23(29(39)40)37-31(41)44-24-11-10-22-17-26-34-12-13-36(43-7,25(18-34)33(6,42)32(3,4)5)30-35(34,27(22)28(24)45-30)14-15-38(26)19-21-8-9-21/h10-11,20-21,23,25-26,30,42H,8-9,12-19H2,1-7H3,(H,37,41)(H,39,40)/t23-,25+,26+,30+,33-,34+,35-,36+/m0/s1. The van der Waals surface area contributed by atoms with E-state index in [1.54, 1.807) is 7.11 Å². The number of ether oxygens (including phenoxy) is 3. The van der Waals surface area contributed by atoms with Gasteiger partial charge in [0.2, 0.25) is 0 Å². The van der Waals surface area contributed by atoms with Crippen molar-refractivity contribution in [3.05, 3.63) is 23.3 Å². The van der Waals surface area contributed by atoms with E-state index in [0.717, 1.165) is 56.7 Å². The maximum atomic E-state index is 13.2. The van der Waals surface area contributed by atoms with Gasteiger partial charge in [0.25, 0.3) is 0 Å². The minimum Gasteiger partial charge on any atom is -0.482 e. The lowest BCUT2D eigenvalue weighted by atomic mass is 9.33. The molecular formula is C36H52N2O7. The number of methoxy groups -OCH3 is 1. The number of benzene rings is 1. The first-order chi connectivity index (χ1) is 21.1. The fourth-order valence-corrected chi connectivity index (χ4v) is 10.6. The molecule has 5 fully saturated rings. The highest BCUT2D eigenvalue weighted by atomic mass is 16.6. The van der Waals surface area contributed by atoms with Crippen LogP contribution in [0.4, 0.5) is 4.79 Å². The molecule has 2 heterocycles. The van der Waals surface area contributed by atoms with Gasteiger partial charge in [-0.05, 0) is 93.7 Å². The Kier molecular flexibility index (Phi) is 6.99. The van der Waals surface area contributed by atoms with Crippen molar-refractivity contribution in [1.29, 1.82) is 0 Å². The maximum Gasteiger partial charge on any atom is 0.413 e. The van der Waals surface area contributed by atoms with E-state index in [2.05, 4.69) is 37.1 Å². The third kappa shape index (κ3) is 4.21. The highest BCUT2D eigenvalue weighted by Gasteiger charge is 2.82. The molecule has 4 saturated carbocycles. The zero-order valence-electron chi connectivity index (χ0n) is 28.1. The number of nitrogens with zero attached hydrogens (tertiary/aromatic N) is 1. The molecule has 4 bridgehead atoms. The molecule has 1 aromatic carbocycles. The van der Waals surface area contributed by atoms with E-state index < -0.39 is 29.3 Å². The number of likely N-dealkylation sites (tertiary alicyclic amines) is 1. The first kappa shape index (κ1) is 31.3. The molecule has 248 valence electrons. The highest BCUT2D eigenvalue weighted by molar-refractivity contribution is 5.81. The summed E-state index contributed by atoms with van der Waals surface area (Å²) >= 11 is 0. The topological polar surface area (TPSA) is 118 Å². The Morgan fingerprint density at radius 3 is 2.51 bits per heavy atom. The number of nitrogens with one attached hydrogen (secondary N) is 1. The molecular weight excluding hydrogens is 572 g/mol. The van der Waals surface area contributed by atoms with Crippen LogP contribution >= 0.6 is 0 Å². The Morgan fingerprint density at radius 2 is 1.89 bits per heavy atom. The quantitative estimate of drug-likeness (QED) is 0.339. The number of rotatable bonds is 9. The molecule has 1 amide bonds. The van der Waals surface area contributed by atoms with Gasteiger partial charge in [0.05, 0.1) is 5.60 Å². The molecule has 2 spiro atoms. The average molecular weight is 625 g/mol. The van der Waals surface area contributed by atoms with E-state index in [-0.39, 0.29) is 34.2 Å². The van der Waals surface area contributed by atoms with Crippen LogP contribution in [0.25, 0.3) is 0 Å². The number of piperidine rings is 1. The average Bonchev–Trinajstić information content (AvgIpc) is 3.70. The maximum absolute atomic E-state index is 13.2. The second-order valence-electron chi connectivity index (χ2n) is 16.8. The first-order valence-electron chi connectivity index (χ1n) is 17.2. The lowest BCUT2D eigenvalue weighted by molar-refractivity contribution is -0.312. The number of aliphatic carboxylic acids is 1. The number of carboxylic acid groups (broad SMARTS) is 1. The molecule has 9 nitrogen and oxygen atoms in total. The summed E-state index contributed by atoms with van der Waals surface area (Å²) in [5.41, 5.74) is -0.160. The molecule has 5 aliphatic carbocycles. The van der Waals surface area contributed by atoms with E-state index >= 15 is 0 Å². The van der Waals surface area contributed by atoms with Gasteiger partial charge in [-0.2, -0.15) is 0 Å². The predicted octanol–water partition coefficient (Wildman–Crippen LogP) is 5.30. The number of carbonyl (C=O) groups is 2. The van der Waals surface area contributed by atoms with Crippen molar-refractivity contribution in [3.63, 3.8) is 0 Å². The minimum atomic E-state index is -1.08. The van der Waals surface area contributed by atoms with Crippen molar-refractivity contribution in [1.82, 2.24) is 10.2 Å². The summed E-state index contributed by atoms with van der Waals surface area (Å²) < 4.78 is 19.7. The zero-order valence-corrected chi connectivity index (χ0v) is 28.1. The third-order valence-corrected chi connectivity index (χ3v) is 13.3. The number of hydrogen-bond donors (Lipinski definition) is 3. The lowest BCUT2D eigenvalue weighted by Gasteiger charge is -2.75. The molecule has 8 atom stereocenters. The molecule has 1 saturated heterocycles. The van der Waals surface area contributed by atoms with Gasteiger partial charge in [-0.15, -0.1) is 0 Å². The normalized spacial score (nSPS) is 36.6. The largest absolute Gasteiger partial charge is 0.482 e. The van der Waals surface area contributed by atoms with E-state index in [4.69, 9.17) is 14.2 Å². The predicted molar refractivity (Wildman–Crippen MR) is 169 cm³/mol. The van der Waals surface area contributed by atoms with Crippen LogP contribution in [0.1, 0.15) is 97.6 Å². The number of carboxylic acids is 1. The molecule has 9 heteroatoms. The summed E-state index contributed by atoms with van der Waals surface area (Å²) in [5.74, 6) is 0.553. The van der Waals surface area contributed by atoms with Crippen LogP contribution in [-0.2, 0) is 21.4 Å². The summed E-state index contributed by atoms with van der Waals surface area (Å²) in [6, 6.07) is 3.22. The Morgan fingerprint density at radius 1 is 1.16 bits per heavy atom. The summed E-state index contributed by atoms with van der Waals surface area (Å²) in [5, 5.41) is 24.7. The number of hydrogen-bond acceptors (Lipinski definition) is 7. The summed E-state index contributed by atoms with van der Waals surface area (Å²) in [7, 11) is 1.78. The van der Waals surface area contributed by atoms with Crippen molar-refractivity contribution < 1.29 is 34.0 Å². The van der Waals surface area contributed by atoms with Gasteiger partial charge in [0, 0.05) is 42.0 Å². The summed E-state index contributed by atoms with van der Waals surface area (Å²) in [6.07, 6.45) is 6.29. The van der Waals surface area contributed by atoms with Crippen molar-refractivity contribution in [2.24, 2.45) is 28.6 Å². The summed E-state index contributed by atoms with van der Waals surface area (Å²) in [4.78, 5) is 27.8. The van der Waals surface area contributed by atoms with E-state index in [9.17, 15) is 19.8 Å². The third-order valence-electron chi connectivity index (χ3n) is 13.3. The van der Waals surface area contributed by atoms with Crippen LogP contribution in [0.5, 0.6) is 11.5 Å². The van der Waals surface area contributed by atoms with Crippen LogP contribution in [-0.4, -0.2) is 76.8 Å². The van der Waals surface area contributed by atoms with Gasteiger partial charge in [0.15, 0.2) is 11.5 Å².